The van der Waals surface area contributed by atoms with Gasteiger partial charge in [-0.15, -0.1) is 0 Å². The summed E-state index contributed by atoms with van der Waals surface area (Å²) in [6.07, 6.45) is 4.32. The summed E-state index contributed by atoms with van der Waals surface area (Å²) >= 11 is 0. The van der Waals surface area contributed by atoms with E-state index in [0.717, 1.165) is 30.4 Å². The highest BCUT2D eigenvalue weighted by molar-refractivity contribution is 5.89. The summed E-state index contributed by atoms with van der Waals surface area (Å²) in [5.74, 6) is -1.62. The molecule has 7 nitrogen and oxygen atoms in total. The molecule has 0 spiro atoms. The van der Waals surface area contributed by atoms with Crippen LogP contribution in [0.1, 0.15) is 62.0 Å². The standard InChI is InChI=1S/C28H32N2O5/c1-30(28(26(32)33)15-8-16-28)25(31)22-13-6-7-14-24(22)29-27(34)35-17-23-20-11-4-2-9-18(20)19-10-3-5-12-21(19)23/h2-5,9-12,22-24H,6-8,13-17H2,1H3,(H,29,34)(H,32,33)/t22-,24+/m0/s1. The van der Waals surface area contributed by atoms with Gasteiger partial charge in [0, 0.05) is 19.0 Å². The number of carbonyl (C=O) groups is 3. The Hall–Kier alpha value is -3.35. The number of fused-ring (bicyclic) bond motifs is 3. The number of amides is 2. The molecule has 3 aliphatic carbocycles. The molecule has 0 unspecified atom stereocenters. The van der Waals surface area contributed by atoms with Gasteiger partial charge in [-0.2, -0.15) is 0 Å². The van der Waals surface area contributed by atoms with Crippen molar-refractivity contribution < 1.29 is 24.2 Å². The molecule has 0 aromatic heterocycles. The summed E-state index contributed by atoms with van der Waals surface area (Å²) < 4.78 is 5.70. The van der Waals surface area contributed by atoms with Crippen LogP contribution < -0.4 is 5.32 Å². The first-order valence-electron chi connectivity index (χ1n) is 12.5. The Labute approximate surface area is 205 Å². The molecule has 0 radical (unpaired) electrons. The highest BCUT2D eigenvalue weighted by Gasteiger charge is 2.51. The first-order chi connectivity index (χ1) is 16.9. The summed E-state index contributed by atoms with van der Waals surface area (Å²) in [4.78, 5) is 39.5. The second-order valence-electron chi connectivity index (χ2n) is 10.1. The number of hydrogen-bond acceptors (Lipinski definition) is 4. The maximum Gasteiger partial charge on any atom is 0.407 e. The third-order valence-corrected chi connectivity index (χ3v) is 8.28. The minimum absolute atomic E-state index is 0.0305. The Morgan fingerprint density at radius 3 is 2.14 bits per heavy atom. The largest absolute Gasteiger partial charge is 0.479 e. The monoisotopic (exact) mass is 476 g/mol. The predicted molar refractivity (Wildman–Crippen MR) is 131 cm³/mol. The fourth-order valence-electron chi connectivity index (χ4n) is 6.05. The molecule has 2 aromatic carbocycles. The molecule has 3 aliphatic rings. The van der Waals surface area contributed by atoms with E-state index in [1.165, 1.54) is 16.0 Å². The smallest absolute Gasteiger partial charge is 0.407 e. The van der Waals surface area contributed by atoms with Gasteiger partial charge >= 0.3 is 12.1 Å². The van der Waals surface area contributed by atoms with Gasteiger partial charge in [-0.05, 0) is 54.4 Å². The topological polar surface area (TPSA) is 95.9 Å². The number of nitrogens with zero attached hydrogens (tertiary/aromatic N) is 1. The second-order valence-corrected chi connectivity index (χ2v) is 10.1. The van der Waals surface area contributed by atoms with Crippen LogP contribution in [0, 0.1) is 5.92 Å². The van der Waals surface area contributed by atoms with Crippen molar-refractivity contribution in [2.24, 2.45) is 5.92 Å². The van der Waals surface area contributed by atoms with E-state index in [1.54, 1.807) is 7.05 Å². The van der Waals surface area contributed by atoms with E-state index in [2.05, 4.69) is 29.6 Å². The molecular weight excluding hydrogens is 444 g/mol. The number of carbonyl (C=O) groups excluding carboxylic acids is 2. The third-order valence-electron chi connectivity index (χ3n) is 8.28. The molecule has 2 amide bonds. The number of likely N-dealkylation sites (N-methyl/N-ethyl adjacent to an activating group) is 1. The van der Waals surface area contributed by atoms with Crippen LogP contribution in [-0.2, 0) is 14.3 Å². The van der Waals surface area contributed by atoms with Crippen molar-refractivity contribution in [3.05, 3.63) is 59.7 Å². The molecule has 0 aliphatic heterocycles. The van der Waals surface area contributed by atoms with Crippen molar-refractivity contribution >= 4 is 18.0 Å². The Bertz CT molecular complexity index is 1100. The highest BCUT2D eigenvalue weighted by Crippen LogP contribution is 2.44. The van der Waals surface area contributed by atoms with Crippen molar-refractivity contribution in [2.45, 2.75) is 62.4 Å². The summed E-state index contributed by atoms with van der Waals surface area (Å²) in [5, 5.41) is 12.7. The van der Waals surface area contributed by atoms with Crippen molar-refractivity contribution in [1.29, 1.82) is 0 Å². The van der Waals surface area contributed by atoms with E-state index in [1.807, 2.05) is 24.3 Å². The average Bonchev–Trinajstić information content (AvgIpc) is 3.15. The van der Waals surface area contributed by atoms with Crippen LogP contribution in [0.4, 0.5) is 4.79 Å². The molecular formula is C28H32N2O5. The number of hydrogen-bond donors (Lipinski definition) is 2. The Morgan fingerprint density at radius 1 is 0.971 bits per heavy atom. The first kappa shape index (κ1) is 23.4. The van der Waals surface area contributed by atoms with Gasteiger partial charge in [0.15, 0.2) is 0 Å². The zero-order valence-corrected chi connectivity index (χ0v) is 20.0. The van der Waals surface area contributed by atoms with Gasteiger partial charge in [-0.3, -0.25) is 4.79 Å². The third kappa shape index (κ3) is 4.07. The van der Waals surface area contributed by atoms with Crippen molar-refractivity contribution in [2.75, 3.05) is 13.7 Å². The maximum absolute atomic E-state index is 13.3. The quantitative estimate of drug-likeness (QED) is 0.638. The molecule has 0 bridgehead atoms. The highest BCUT2D eigenvalue weighted by atomic mass is 16.5. The molecule has 35 heavy (non-hydrogen) atoms. The fraction of sp³-hybridized carbons (Fsp3) is 0.464. The van der Waals surface area contributed by atoms with Gasteiger partial charge in [0.05, 0.1) is 5.92 Å². The van der Waals surface area contributed by atoms with Crippen LogP contribution >= 0.6 is 0 Å². The number of ether oxygens (including phenoxy) is 1. The average molecular weight is 477 g/mol. The summed E-state index contributed by atoms with van der Waals surface area (Å²) in [6, 6.07) is 16.0. The lowest BCUT2D eigenvalue weighted by molar-refractivity contribution is -0.166. The number of aliphatic carboxylic acids is 1. The summed E-state index contributed by atoms with van der Waals surface area (Å²) in [7, 11) is 1.59. The van der Waals surface area contributed by atoms with E-state index in [-0.39, 0.29) is 24.5 Å². The normalized spacial score (nSPS) is 22.3. The Balaban J connectivity index is 1.25. The number of nitrogens with one attached hydrogen (secondary N) is 1. The first-order valence-corrected chi connectivity index (χ1v) is 12.5. The number of rotatable bonds is 6. The lowest BCUT2D eigenvalue weighted by Gasteiger charge is -2.47. The van der Waals surface area contributed by atoms with E-state index >= 15 is 0 Å². The zero-order valence-electron chi connectivity index (χ0n) is 20.0. The summed E-state index contributed by atoms with van der Waals surface area (Å²) in [6.45, 7) is 0.215. The van der Waals surface area contributed by atoms with Crippen molar-refractivity contribution in [3.63, 3.8) is 0 Å². The van der Waals surface area contributed by atoms with Gasteiger partial charge in [0.1, 0.15) is 12.1 Å². The molecule has 2 aromatic rings. The van der Waals surface area contributed by atoms with Crippen LogP contribution in [0.5, 0.6) is 0 Å². The Kier molecular flexibility index (Phi) is 6.26. The maximum atomic E-state index is 13.3. The van der Waals surface area contributed by atoms with Crippen LogP contribution in [0.3, 0.4) is 0 Å². The molecule has 2 saturated carbocycles. The molecule has 184 valence electrons. The van der Waals surface area contributed by atoms with Gasteiger partial charge in [0.25, 0.3) is 0 Å². The van der Waals surface area contributed by atoms with E-state index in [9.17, 15) is 19.5 Å². The van der Waals surface area contributed by atoms with Gasteiger partial charge in [-0.1, -0.05) is 61.4 Å². The van der Waals surface area contributed by atoms with Crippen molar-refractivity contribution in [1.82, 2.24) is 10.2 Å². The number of carboxylic acid groups (broad SMARTS) is 1. The Morgan fingerprint density at radius 2 is 1.57 bits per heavy atom. The molecule has 2 N–H and O–H groups in total. The SMILES string of the molecule is CN(C(=O)[C@H]1CCCC[C@H]1NC(=O)OCC1c2ccccc2-c2ccccc21)C1(C(=O)O)CCC1. The molecule has 5 rings (SSSR count). The molecule has 0 heterocycles. The zero-order chi connectivity index (χ0) is 24.6. The van der Waals surface area contributed by atoms with E-state index in [4.69, 9.17) is 4.74 Å². The molecule has 2 atom stereocenters. The molecule has 7 heteroatoms. The number of carboxylic acids is 1. The van der Waals surface area contributed by atoms with Crippen LogP contribution in [-0.4, -0.2) is 53.2 Å². The van der Waals surface area contributed by atoms with Gasteiger partial charge < -0.3 is 20.1 Å². The van der Waals surface area contributed by atoms with E-state index < -0.39 is 23.5 Å². The van der Waals surface area contributed by atoms with Crippen LogP contribution in [0.25, 0.3) is 11.1 Å². The van der Waals surface area contributed by atoms with Crippen LogP contribution in [0.15, 0.2) is 48.5 Å². The van der Waals surface area contributed by atoms with Crippen LogP contribution in [0.2, 0.25) is 0 Å². The number of benzene rings is 2. The minimum atomic E-state index is -1.11. The summed E-state index contributed by atoms with van der Waals surface area (Å²) in [5.41, 5.74) is 3.52. The predicted octanol–water partition coefficient (Wildman–Crippen LogP) is 4.55. The van der Waals surface area contributed by atoms with Gasteiger partial charge in [-0.25, -0.2) is 9.59 Å². The second kappa shape index (κ2) is 9.36. The molecule has 2 fully saturated rings. The van der Waals surface area contributed by atoms with E-state index in [0.29, 0.717) is 25.7 Å². The molecule has 0 saturated heterocycles. The minimum Gasteiger partial charge on any atom is -0.479 e. The lowest BCUT2D eigenvalue weighted by atomic mass is 9.74. The number of alkyl carbamates (subject to hydrolysis) is 1. The van der Waals surface area contributed by atoms with Gasteiger partial charge in [0.2, 0.25) is 5.91 Å². The lowest BCUT2D eigenvalue weighted by Crippen LogP contribution is -2.62. The van der Waals surface area contributed by atoms with Crippen molar-refractivity contribution in [3.8, 4) is 11.1 Å². The fourth-order valence-corrected chi connectivity index (χ4v) is 6.05.